The van der Waals surface area contributed by atoms with E-state index < -0.39 is 12.0 Å². The van der Waals surface area contributed by atoms with Gasteiger partial charge in [-0.25, -0.2) is 9.79 Å². The normalized spacial score (nSPS) is 14.5. The topological polar surface area (TPSA) is 88.3 Å². The maximum Gasteiger partial charge on any atom is 0.338 e. The van der Waals surface area contributed by atoms with Crippen LogP contribution in [0.4, 0.5) is 0 Å². The maximum atomic E-state index is 14.2. The van der Waals surface area contributed by atoms with E-state index in [0.717, 1.165) is 11.1 Å². The molecule has 4 aromatic rings. The molecule has 1 aliphatic heterocycles. The maximum absolute atomic E-state index is 14.2. The number of aromatic nitrogens is 1. The molecule has 1 aromatic heterocycles. The van der Waals surface area contributed by atoms with Gasteiger partial charge in [0, 0.05) is 5.56 Å². The zero-order chi connectivity index (χ0) is 31.4. The molecule has 0 N–H and O–H groups in total. The van der Waals surface area contributed by atoms with Crippen LogP contribution in [0.2, 0.25) is 0 Å². The second-order valence-corrected chi connectivity index (χ2v) is 12.2. The Labute approximate surface area is 274 Å². The van der Waals surface area contributed by atoms with E-state index in [9.17, 15) is 9.59 Å². The molecule has 0 saturated heterocycles. The van der Waals surface area contributed by atoms with Gasteiger partial charge < -0.3 is 18.9 Å². The molecule has 0 saturated carbocycles. The molecule has 11 heteroatoms. The van der Waals surface area contributed by atoms with Gasteiger partial charge in [0.2, 0.25) is 0 Å². The van der Waals surface area contributed by atoms with E-state index in [-0.39, 0.29) is 17.7 Å². The first-order valence-electron chi connectivity index (χ1n) is 13.5. The Morgan fingerprint density at radius 1 is 1.05 bits per heavy atom. The van der Waals surface area contributed by atoms with E-state index in [1.807, 2.05) is 48.5 Å². The average Bonchev–Trinajstić information content (AvgIpc) is 3.34. The first-order chi connectivity index (χ1) is 21.3. The van der Waals surface area contributed by atoms with Gasteiger partial charge in [0.15, 0.2) is 16.3 Å². The minimum atomic E-state index is -0.851. The molecule has 0 amide bonds. The molecular weight excluding hydrogens is 712 g/mol. The van der Waals surface area contributed by atoms with Crippen LogP contribution < -0.4 is 29.1 Å². The first-order valence-corrected chi connectivity index (χ1v) is 15.9. The van der Waals surface area contributed by atoms with Gasteiger partial charge in [-0.2, -0.15) is 0 Å². The minimum absolute atomic E-state index is 0.156. The Kier molecular flexibility index (Phi) is 9.87. The molecule has 5 rings (SSSR count). The number of hydrogen-bond donors (Lipinski definition) is 0. The van der Waals surface area contributed by atoms with Crippen molar-refractivity contribution in [2.75, 3.05) is 27.4 Å². The lowest BCUT2D eigenvalue weighted by Gasteiger charge is -2.26. The molecule has 3 aromatic carbocycles. The van der Waals surface area contributed by atoms with E-state index in [1.165, 1.54) is 18.4 Å². The number of carbonyl (C=O) groups excluding carboxylic acids is 1. The van der Waals surface area contributed by atoms with Gasteiger partial charge >= 0.3 is 5.97 Å². The number of halogens is 2. The molecule has 1 aliphatic rings. The van der Waals surface area contributed by atoms with Crippen LogP contribution in [0.25, 0.3) is 11.8 Å². The highest BCUT2D eigenvalue weighted by Gasteiger charge is 2.35. The summed E-state index contributed by atoms with van der Waals surface area (Å²) < 4.78 is 25.7. The minimum Gasteiger partial charge on any atom is -0.493 e. The van der Waals surface area contributed by atoms with E-state index in [1.54, 1.807) is 42.9 Å². The van der Waals surface area contributed by atoms with Crippen molar-refractivity contribution in [3.8, 4) is 17.2 Å². The Morgan fingerprint density at radius 2 is 1.75 bits per heavy atom. The summed E-state index contributed by atoms with van der Waals surface area (Å²) in [4.78, 5) is 33.3. The zero-order valence-corrected chi connectivity index (χ0v) is 28.1. The first kappa shape index (κ1) is 31.5. The summed E-state index contributed by atoms with van der Waals surface area (Å²) in [5.41, 5.74) is 2.50. The van der Waals surface area contributed by atoms with Crippen LogP contribution in [0.15, 0.2) is 97.6 Å². The number of benzene rings is 3. The predicted octanol–water partition coefficient (Wildman–Crippen LogP) is 6.04. The largest absolute Gasteiger partial charge is 0.493 e. The molecule has 8 nitrogen and oxygen atoms in total. The summed E-state index contributed by atoms with van der Waals surface area (Å²) >= 11 is 8.37. The van der Waals surface area contributed by atoms with Crippen LogP contribution in [0.1, 0.15) is 29.7 Å². The fraction of sp³-hybridized carbons (Fsp3) is 0.182. The number of hydrogen-bond acceptors (Lipinski definition) is 8. The smallest absolute Gasteiger partial charge is 0.338 e. The van der Waals surface area contributed by atoms with E-state index in [2.05, 4.69) is 38.4 Å². The Balaban J connectivity index is 1.79. The number of fused-ring (bicyclic) bond motifs is 1. The Bertz CT molecular complexity index is 1930. The lowest BCUT2D eigenvalue weighted by atomic mass is 9.93. The van der Waals surface area contributed by atoms with Crippen molar-refractivity contribution in [2.24, 2.45) is 4.99 Å². The summed E-state index contributed by atoms with van der Waals surface area (Å²) in [5.74, 6) is 1.04. The van der Waals surface area contributed by atoms with Crippen LogP contribution in [0.5, 0.6) is 17.2 Å². The van der Waals surface area contributed by atoms with Crippen LogP contribution >= 0.6 is 43.2 Å². The molecule has 0 fully saturated rings. The van der Waals surface area contributed by atoms with E-state index in [4.69, 9.17) is 23.9 Å². The molecule has 44 heavy (non-hydrogen) atoms. The van der Waals surface area contributed by atoms with Crippen LogP contribution in [-0.2, 0) is 9.53 Å². The summed E-state index contributed by atoms with van der Waals surface area (Å²) in [6.45, 7) is 5.94. The number of nitrogens with zero attached hydrogens (tertiary/aromatic N) is 2. The standard InChI is InChI=1S/C33H28Br2N2O6S/c1-5-14-43-30-22(34)15-19(16-23(30)35)17-26-31(38)37-29(21-12-13-24(40-3)25(18-21)41-4)27(32(39)42-6-2)28(36-33(37)44-26)20-10-8-7-9-11-20/h5,7-13,15-18,29H,1,6,14H2,2-4H3/b26-17-/t29-/m0/s1. The van der Waals surface area contributed by atoms with Crippen LogP contribution in [-0.4, -0.2) is 38.0 Å². The van der Waals surface area contributed by atoms with Crippen molar-refractivity contribution in [3.05, 3.63) is 124 Å². The molecular formula is C33H28Br2N2O6S. The van der Waals surface area contributed by atoms with Gasteiger partial charge in [-0.15, -0.1) is 0 Å². The summed E-state index contributed by atoms with van der Waals surface area (Å²) in [6.07, 6.45) is 3.45. The molecule has 226 valence electrons. The van der Waals surface area contributed by atoms with Crippen molar-refractivity contribution < 1.29 is 23.7 Å². The van der Waals surface area contributed by atoms with Crippen molar-refractivity contribution in [2.45, 2.75) is 13.0 Å². The third-order valence-corrected chi connectivity index (χ3v) is 8.92. The van der Waals surface area contributed by atoms with E-state index >= 15 is 0 Å². The van der Waals surface area contributed by atoms with Crippen molar-refractivity contribution in [1.82, 2.24) is 4.57 Å². The molecule has 2 heterocycles. The van der Waals surface area contributed by atoms with E-state index in [0.29, 0.717) is 53.4 Å². The number of methoxy groups -OCH3 is 2. The highest BCUT2D eigenvalue weighted by molar-refractivity contribution is 9.11. The quantitative estimate of drug-likeness (QED) is 0.146. The Morgan fingerprint density at radius 3 is 2.39 bits per heavy atom. The second-order valence-electron chi connectivity index (χ2n) is 9.46. The number of esters is 1. The highest BCUT2D eigenvalue weighted by atomic mass is 79.9. The molecule has 0 unspecified atom stereocenters. The summed E-state index contributed by atoms with van der Waals surface area (Å²) in [7, 11) is 3.08. The van der Waals surface area contributed by atoms with Gasteiger partial charge in [0.25, 0.3) is 5.56 Å². The van der Waals surface area contributed by atoms with Gasteiger partial charge in [0.05, 0.1) is 51.6 Å². The molecule has 0 aliphatic carbocycles. The van der Waals surface area contributed by atoms with Gasteiger partial charge in [-0.05, 0) is 80.3 Å². The fourth-order valence-corrected chi connectivity index (χ4v) is 7.32. The molecule has 1 atom stereocenters. The number of ether oxygens (including phenoxy) is 4. The second kappa shape index (κ2) is 13.8. The third kappa shape index (κ3) is 6.17. The fourth-order valence-electron chi connectivity index (χ4n) is 4.87. The summed E-state index contributed by atoms with van der Waals surface area (Å²) in [5, 5.41) is 0. The van der Waals surface area contributed by atoms with Gasteiger partial charge in [-0.1, -0.05) is 60.4 Å². The van der Waals surface area contributed by atoms with Crippen molar-refractivity contribution in [3.63, 3.8) is 0 Å². The van der Waals surface area contributed by atoms with Gasteiger partial charge in [0.1, 0.15) is 12.4 Å². The average molecular weight is 740 g/mol. The SMILES string of the molecule is C=CCOc1c(Br)cc(/C=c2\sc3n(c2=O)[C@@H](c2ccc(OC)c(OC)c2)C(C(=O)OCC)=C(c2ccccc2)N=3)cc1Br. The predicted molar refractivity (Wildman–Crippen MR) is 178 cm³/mol. The third-order valence-electron chi connectivity index (χ3n) is 6.76. The summed E-state index contributed by atoms with van der Waals surface area (Å²) in [6, 6.07) is 17.6. The monoisotopic (exact) mass is 738 g/mol. The molecule has 0 bridgehead atoms. The number of rotatable bonds is 10. The number of thiazole rings is 1. The van der Waals surface area contributed by atoms with Gasteiger partial charge in [-0.3, -0.25) is 9.36 Å². The highest BCUT2D eigenvalue weighted by Crippen LogP contribution is 2.39. The Hall–Kier alpha value is -3.93. The number of carbonyl (C=O) groups is 1. The zero-order valence-electron chi connectivity index (χ0n) is 24.1. The lowest BCUT2D eigenvalue weighted by Crippen LogP contribution is -2.40. The van der Waals surface area contributed by atoms with Crippen molar-refractivity contribution in [1.29, 1.82) is 0 Å². The van der Waals surface area contributed by atoms with Crippen LogP contribution in [0, 0.1) is 0 Å². The lowest BCUT2D eigenvalue weighted by molar-refractivity contribution is -0.138. The molecule has 0 spiro atoms. The van der Waals surface area contributed by atoms with Crippen LogP contribution in [0.3, 0.4) is 0 Å². The van der Waals surface area contributed by atoms with Crippen molar-refractivity contribution >= 4 is 60.9 Å². The molecule has 0 radical (unpaired) electrons.